The Morgan fingerprint density at radius 1 is 1.08 bits per heavy atom. The van der Waals surface area contributed by atoms with Crippen molar-refractivity contribution in [3.63, 3.8) is 0 Å². The van der Waals surface area contributed by atoms with Gasteiger partial charge in [0.05, 0.1) is 21.9 Å². The van der Waals surface area contributed by atoms with E-state index >= 15 is 0 Å². The van der Waals surface area contributed by atoms with E-state index < -0.39 is 12.0 Å². The molecule has 6 nitrogen and oxygen atoms in total. The average molecular weight is 531 g/mol. The van der Waals surface area contributed by atoms with Crippen molar-refractivity contribution >= 4 is 34.7 Å². The Balaban J connectivity index is 1.48. The van der Waals surface area contributed by atoms with Crippen LogP contribution < -0.4 is 19.6 Å². The molecule has 0 aliphatic carbocycles. The standard InChI is InChI=1S/C29H26N2O4S2/c1-18(2)35-28(33)25-19(3)30-29-31(26(25)23-10-7-15-36-23)27(32)24(37-29)16-20-11-13-22(14-12-20)34-17-21-8-5-4-6-9-21/h4-16,18,26H,17H2,1-3H3/b24-16+/t26-/m0/s1. The van der Waals surface area contributed by atoms with E-state index in [1.165, 1.54) is 22.7 Å². The number of allylic oxidation sites excluding steroid dienone is 1. The number of esters is 1. The van der Waals surface area contributed by atoms with Crippen LogP contribution in [0.4, 0.5) is 0 Å². The van der Waals surface area contributed by atoms with Gasteiger partial charge in [-0.3, -0.25) is 9.36 Å². The highest BCUT2D eigenvalue weighted by Crippen LogP contribution is 2.33. The summed E-state index contributed by atoms with van der Waals surface area (Å²) in [6.45, 7) is 5.90. The van der Waals surface area contributed by atoms with Crippen LogP contribution in [0.25, 0.3) is 6.08 Å². The number of fused-ring (bicyclic) bond motifs is 1. The zero-order chi connectivity index (χ0) is 25.9. The van der Waals surface area contributed by atoms with E-state index in [0.29, 0.717) is 27.2 Å². The van der Waals surface area contributed by atoms with E-state index in [2.05, 4.69) is 4.99 Å². The summed E-state index contributed by atoms with van der Waals surface area (Å²) < 4.78 is 13.6. The van der Waals surface area contributed by atoms with Crippen molar-refractivity contribution in [1.29, 1.82) is 0 Å². The molecule has 0 radical (unpaired) electrons. The smallest absolute Gasteiger partial charge is 0.338 e. The number of benzene rings is 2. The fourth-order valence-electron chi connectivity index (χ4n) is 4.13. The molecule has 1 aliphatic rings. The van der Waals surface area contributed by atoms with Gasteiger partial charge in [0.25, 0.3) is 5.56 Å². The number of thiazole rings is 1. The van der Waals surface area contributed by atoms with E-state index in [4.69, 9.17) is 9.47 Å². The molecule has 188 valence electrons. The summed E-state index contributed by atoms with van der Waals surface area (Å²) in [5.74, 6) is 0.305. The summed E-state index contributed by atoms with van der Waals surface area (Å²) in [6.07, 6.45) is 1.57. The first-order chi connectivity index (χ1) is 17.9. The number of carbonyl (C=O) groups is 1. The molecule has 0 fully saturated rings. The maximum absolute atomic E-state index is 13.6. The quantitative estimate of drug-likeness (QED) is 0.321. The third-order valence-electron chi connectivity index (χ3n) is 5.82. The van der Waals surface area contributed by atoms with Crippen LogP contribution in [0.5, 0.6) is 5.75 Å². The number of ether oxygens (including phenoxy) is 2. The van der Waals surface area contributed by atoms with Crippen molar-refractivity contribution < 1.29 is 14.3 Å². The number of nitrogens with zero attached hydrogens (tertiary/aromatic N) is 2. The minimum absolute atomic E-state index is 0.186. The Hall–Kier alpha value is -3.75. The Morgan fingerprint density at radius 2 is 1.84 bits per heavy atom. The zero-order valence-electron chi connectivity index (χ0n) is 20.7. The van der Waals surface area contributed by atoms with Crippen molar-refractivity contribution in [2.24, 2.45) is 4.99 Å². The van der Waals surface area contributed by atoms with Crippen LogP contribution in [0.3, 0.4) is 0 Å². The lowest BCUT2D eigenvalue weighted by Crippen LogP contribution is -2.39. The normalized spacial score (nSPS) is 15.5. The van der Waals surface area contributed by atoms with Gasteiger partial charge in [0, 0.05) is 4.88 Å². The van der Waals surface area contributed by atoms with Crippen molar-refractivity contribution in [3.05, 3.63) is 119 Å². The average Bonchev–Trinajstić information content (AvgIpc) is 3.51. The molecule has 4 aromatic rings. The Kier molecular flexibility index (Phi) is 7.21. The van der Waals surface area contributed by atoms with Gasteiger partial charge in [0.15, 0.2) is 4.80 Å². The molecule has 0 spiro atoms. The Labute approximate surface area is 222 Å². The molecule has 2 aromatic carbocycles. The molecule has 0 N–H and O–H groups in total. The topological polar surface area (TPSA) is 69.9 Å². The number of hydrogen-bond donors (Lipinski definition) is 0. The fraction of sp³-hybridized carbons (Fsp3) is 0.207. The van der Waals surface area contributed by atoms with E-state index in [9.17, 15) is 9.59 Å². The zero-order valence-corrected chi connectivity index (χ0v) is 22.3. The van der Waals surface area contributed by atoms with Crippen LogP contribution in [-0.4, -0.2) is 16.6 Å². The minimum atomic E-state index is -0.571. The third-order valence-corrected chi connectivity index (χ3v) is 7.73. The second-order valence-corrected chi connectivity index (χ2v) is 10.9. The summed E-state index contributed by atoms with van der Waals surface area (Å²) in [7, 11) is 0. The summed E-state index contributed by atoms with van der Waals surface area (Å²) in [5, 5.41) is 1.94. The van der Waals surface area contributed by atoms with E-state index in [1.807, 2.05) is 78.2 Å². The van der Waals surface area contributed by atoms with Crippen LogP contribution in [0.15, 0.2) is 93.2 Å². The van der Waals surface area contributed by atoms with Gasteiger partial charge in [-0.05, 0) is 61.6 Å². The molecule has 0 bridgehead atoms. The first kappa shape index (κ1) is 24.9. The fourth-order valence-corrected chi connectivity index (χ4v) is 6.00. The lowest BCUT2D eigenvalue weighted by Gasteiger charge is -2.24. The highest BCUT2D eigenvalue weighted by Gasteiger charge is 2.34. The molecular formula is C29H26N2O4S2. The van der Waals surface area contributed by atoms with Crippen LogP contribution >= 0.6 is 22.7 Å². The molecule has 5 rings (SSSR count). The SMILES string of the molecule is CC1=C(C(=O)OC(C)C)[C@H](c2cccs2)n2c(s/c(=C/c3ccc(OCc4ccccc4)cc3)c2=O)=N1. The summed E-state index contributed by atoms with van der Waals surface area (Å²) in [5.41, 5.74) is 2.75. The van der Waals surface area contributed by atoms with Crippen LogP contribution in [0.1, 0.15) is 42.8 Å². The molecule has 2 aromatic heterocycles. The predicted octanol–water partition coefficient (Wildman–Crippen LogP) is 4.83. The van der Waals surface area contributed by atoms with Crippen molar-refractivity contribution in [1.82, 2.24) is 4.57 Å². The van der Waals surface area contributed by atoms with E-state index in [-0.39, 0.29) is 11.7 Å². The summed E-state index contributed by atoms with van der Waals surface area (Å²) >= 11 is 2.82. The monoisotopic (exact) mass is 530 g/mol. The number of rotatable bonds is 7. The molecule has 0 saturated heterocycles. The minimum Gasteiger partial charge on any atom is -0.489 e. The molecule has 0 amide bonds. The number of carbonyl (C=O) groups excluding carboxylic acids is 1. The highest BCUT2D eigenvalue weighted by molar-refractivity contribution is 7.10. The van der Waals surface area contributed by atoms with Gasteiger partial charge in [-0.2, -0.15) is 0 Å². The molecule has 0 unspecified atom stereocenters. The first-order valence-corrected chi connectivity index (χ1v) is 13.6. The Morgan fingerprint density at radius 3 is 2.51 bits per heavy atom. The van der Waals surface area contributed by atoms with Crippen molar-refractivity contribution in [3.8, 4) is 5.75 Å². The number of aromatic nitrogens is 1. The molecule has 1 atom stereocenters. The Bertz CT molecular complexity index is 1610. The lowest BCUT2D eigenvalue weighted by molar-refractivity contribution is -0.143. The van der Waals surface area contributed by atoms with Gasteiger partial charge in [0.2, 0.25) is 0 Å². The molecule has 37 heavy (non-hydrogen) atoms. The summed E-state index contributed by atoms with van der Waals surface area (Å²) in [6, 6.07) is 20.9. The molecule has 0 saturated carbocycles. The van der Waals surface area contributed by atoms with Gasteiger partial charge >= 0.3 is 5.97 Å². The molecule has 1 aliphatic heterocycles. The van der Waals surface area contributed by atoms with Gasteiger partial charge in [0.1, 0.15) is 18.4 Å². The van der Waals surface area contributed by atoms with Gasteiger partial charge in [-0.1, -0.05) is 59.9 Å². The summed E-state index contributed by atoms with van der Waals surface area (Å²) in [4.78, 5) is 32.8. The maximum atomic E-state index is 13.6. The third kappa shape index (κ3) is 5.35. The van der Waals surface area contributed by atoms with Crippen LogP contribution in [0.2, 0.25) is 0 Å². The highest BCUT2D eigenvalue weighted by atomic mass is 32.1. The first-order valence-electron chi connectivity index (χ1n) is 11.9. The van der Waals surface area contributed by atoms with Crippen molar-refractivity contribution in [2.75, 3.05) is 0 Å². The predicted molar refractivity (Wildman–Crippen MR) is 147 cm³/mol. The van der Waals surface area contributed by atoms with Crippen LogP contribution in [-0.2, 0) is 16.1 Å². The van der Waals surface area contributed by atoms with E-state index in [0.717, 1.165) is 21.8 Å². The number of thiophene rings is 1. The molecule has 3 heterocycles. The number of hydrogen-bond acceptors (Lipinski definition) is 7. The molecular weight excluding hydrogens is 504 g/mol. The van der Waals surface area contributed by atoms with Gasteiger partial charge in [-0.25, -0.2) is 9.79 Å². The lowest BCUT2D eigenvalue weighted by atomic mass is 10.0. The van der Waals surface area contributed by atoms with Crippen molar-refractivity contribution in [2.45, 2.75) is 39.5 Å². The second kappa shape index (κ2) is 10.7. The van der Waals surface area contributed by atoms with Gasteiger partial charge < -0.3 is 9.47 Å². The van der Waals surface area contributed by atoms with E-state index in [1.54, 1.807) is 25.3 Å². The molecule has 8 heteroatoms. The maximum Gasteiger partial charge on any atom is 0.338 e. The van der Waals surface area contributed by atoms with Crippen LogP contribution in [0, 0.1) is 0 Å². The van der Waals surface area contributed by atoms with Gasteiger partial charge in [-0.15, -0.1) is 11.3 Å². The second-order valence-electron chi connectivity index (χ2n) is 8.89. The largest absolute Gasteiger partial charge is 0.489 e.